The summed E-state index contributed by atoms with van der Waals surface area (Å²) in [7, 11) is 1.34. The molecule has 0 radical (unpaired) electrons. The van der Waals surface area contributed by atoms with Crippen molar-refractivity contribution in [1.82, 2.24) is 5.32 Å². The van der Waals surface area contributed by atoms with E-state index in [4.69, 9.17) is 27.9 Å². The summed E-state index contributed by atoms with van der Waals surface area (Å²) in [5.41, 5.74) is 1.63. The number of hydrogen-bond donors (Lipinski definition) is 2. The Balaban J connectivity index is 0.00000288. The van der Waals surface area contributed by atoms with E-state index < -0.39 is 6.04 Å². The van der Waals surface area contributed by atoms with Gasteiger partial charge in [-0.05, 0) is 36.2 Å². The molecule has 0 amide bonds. The Morgan fingerprint density at radius 2 is 1.75 bits per heavy atom. The van der Waals surface area contributed by atoms with Crippen LogP contribution in [0.5, 0.6) is 5.75 Å². The molecule has 4 nitrogen and oxygen atoms in total. The first-order valence-corrected chi connectivity index (χ1v) is 7.79. The quantitative estimate of drug-likeness (QED) is 0.732. The van der Waals surface area contributed by atoms with E-state index in [-0.39, 0.29) is 24.1 Å². The second-order valence-electron chi connectivity index (χ2n) is 5.03. The van der Waals surface area contributed by atoms with Crippen LogP contribution in [0.4, 0.5) is 0 Å². The molecule has 0 saturated heterocycles. The number of carbonyl (C=O) groups is 1. The van der Waals surface area contributed by atoms with Crippen LogP contribution in [-0.4, -0.2) is 24.2 Å². The lowest BCUT2D eigenvalue weighted by molar-refractivity contribution is -0.143. The van der Waals surface area contributed by atoms with Crippen LogP contribution in [0.15, 0.2) is 42.5 Å². The van der Waals surface area contributed by atoms with Crippen LogP contribution >= 0.6 is 35.6 Å². The smallest absolute Gasteiger partial charge is 0.323 e. The average Bonchev–Trinajstić information content (AvgIpc) is 2.54. The van der Waals surface area contributed by atoms with Gasteiger partial charge in [0.05, 0.1) is 7.11 Å². The first-order chi connectivity index (χ1) is 11.0. The van der Waals surface area contributed by atoms with E-state index in [0.29, 0.717) is 23.0 Å². The molecule has 2 aromatic rings. The zero-order valence-corrected chi connectivity index (χ0v) is 15.3. The summed E-state index contributed by atoms with van der Waals surface area (Å²) in [4.78, 5) is 12.0. The Hall–Kier alpha value is -1.46. The second kappa shape index (κ2) is 9.74. The lowest BCUT2D eigenvalue weighted by Gasteiger charge is -2.17. The SMILES string of the molecule is COC(=O)[C@H](Cc1ccc(O)cc1)NCc1c(Cl)cccc1Cl.Cl. The summed E-state index contributed by atoms with van der Waals surface area (Å²) in [6.45, 7) is 0.344. The van der Waals surface area contributed by atoms with E-state index in [2.05, 4.69) is 5.32 Å². The van der Waals surface area contributed by atoms with Gasteiger partial charge < -0.3 is 9.84 Å². The molecule has 0 saturated carbocycles. The number of benzene rings is 2. The predicted octanol–water partition coefficient (Wildman–Crippen LogP) is 3.99. The standard InChI is InChI=1S/C17H17Cl2NO3.ClH/c1-23-17(22)16(9-11-5-7-12(21)8-6-11)20-10-13-14(18)3-2-4-15(13)19;/h2-8,16,20-21H,9-10H2,1H3;1H/t16-;/m0./s1. The Morgan fingerprint density at radius 1 is 1.17 bits per heavy atom. The summed E-state index contributed by atoms with van der Waals surface area (Å²) in [5, 5.41) is 13.5. The van der Waals surface area contributed by atoms with Gasteiger partial charge in [-0.1, -0.05) is 41.4 Å². The van der Waals surface area contributed by atoms with Gasteiger partial charge in [0.15, 0.2) is 0 Å². The number of nitrogens with one attached hydrogen (secondary N) is 1. The number of aromatic hydroxyl groups is 1. The third-order valence-electron chi connectivity index (χ3n) is 3.45. The molecule has 0 spiro atoms. The van der Waals surface area contributed by atoms with E-state index in [9.17, 15) is 9.90 Å². The van der Waals surface area contributed by atoms with Crippen molar-refractivity contribution in [3.8, 4) is 5.75 Å². The number of rotatable bonds is 6. The molecular formula is C17H18Cl3NO3. The van der Waals surface area contributed by atoms with E-state index in [1.165, 1.54) is 7.11 Å². The number of hydrogen-bond acceptors (Lipinski definition) is 4. The molecule has 0 aliphatic carbocycles. The van der Waals surface area contributed by atoms with Crippen LogP contribution in [-0.2, 0) is 22.5 Å². The Labute approximate surface area is 157 Å². The molecule has 0 aromatic heterocycles. The van der Waals surface area contributed by atoms with Crippen LogP contribution in [0.2, 0.25) is 10.0 Å². The molecule has 0 fully saturated rings. The fourth-order valence-corrected chi connectivity index (χ4v) is 2.71. The third kappa shape index (κ3) is 5.56. The highest BCUT2D eigenvalue weighted by Gasteiger charge is 2.20. The Kier molecular flexibility index (Phi) is 8.36. The van der Waals surface area contributed by atoms with Crippen LogP contribution in [0.25, 0.3) is 0 Å². The normalized spacial score (nSPS) is 11.5. The van der Waals surface area contributed by atoms with Crippen LogP contribution in [0, 0.1) is 0 Å². The lowest BCUT2D eigenvalue weighted by atomic mass is 10.1. The summed E-state index contributed by atoms with van der Waals surface area (Å²) in [5.74, 6) is -0.194. The summed E-state index contributed by atoms with van der Waals surface area (Å²) < 4.78 is 4.84. The largest absolute Gasteiger partial charge is 0.508 e. The predicted molar refractivity (Wildman–Crippen MR) is 98.2 cm³/mol. The highest BCUT2D eigenvalue weighted by Crippen LogP contribution is 2.24. The van der Waals surface area contributed by atoms with Crippen molar-refractivity contribution in [2.45, 2.75) is 19.0 Å². The molecule has 130 valence electrons. The minimum atomic E-state index is -0.545. The van der Waals surface area contributed by atoms with Gasteiger partial charge in [0.1, 0.15) is 11.8 Å². The Morgan fingerprint density at radius 3 is 2.29 bits per heavy atom. The summed E-state index contributed by atoms with van der Waals surface area (Å²) >= 11 is 12.3. The number of phenols is 1. The Bertz CT molecular complexity index is 657. The molecule has 0 aliphatic heterocycles. The maximum atomic E-state index is 12.0. The summed E-state index contributed by atoms with van der Waals surface area (Å²) in [6.07, 6.45) is 0.426. The average molecular weight is 391 g/mol. The van der Waals surface area contributed by atoms with Gasteiger partial charge >= 0.3 is 5.97 Å². The van der Waals surface area contributed by atoms with Gasteiger partial charge in [0.25, 0.3) is 0 Å². The minimum absolute atomic E-state index is 0. The van der Waals surface area contributed by atoms with Crippen molar-refractivity contribution in [3.05, 3.63) is 63.6 Å². The molecule has 0 heterocycles. The third-order valence-corrected chi connectivity index (χ3v) is 4.16. The number of carbonyl (C=O) groups excluding carboxylic acids is 1. The molecule has 0 unspecified atom stereocenters. The zero-order chi connectivity index (χ0) is 16.8. The van der Waals surface area contributed by atoms with Crippen molar-refractivity contribution in [2.75, 3.05) is 7.11 Å². The van der Waals surface area contributed by atoms with Gasteiger partial charge in [-0.3, -0.25) is 10.1 Å². The number of halogens is 3. The first-order valence-electron chi connectivity index (χ1n) is 7.03. The van der Waals surface area contributed by atoms with Gasteiger partial charge in [0.2, 0.25) is 0 Å². The highest BCUT2D eigenvalue weighted by molar-refractivity contribution is 6.35. The van der Waals surface area contributed by atoms with Crippen LogP contribution in [0.1, 0.15) is 11.1 Å². The van der Waals surface area contributed by atoms with E-state index in [1.807, 2.05) is 0 Å². The van der Waals surface area contributed by atoms with Crippen molar-refractivity contribution in [2.24, 2.45) is 0 Å². The maximum absolute atomic E-state index is 12.0. The number of methoxy groups -OCH3 is 1. The van der Waals surface area contributed by atoms with Crippen molar-refractivity contribution in [3.63, 3.8) is 0 Å². The molecule has 24 heavy (non-hydrogen) atoms. The molecular weight excluding hydrogens is 373 g/mol. The van der Waals surface area contributed by atoms with E-state index in [0.717, 1.165) is 11.1 Å². The molecule has 0 bridgehead atoms. The summed E-state index contributed by atoms with van der Waals surface area (Å²) in [6, 6.07) is 11.4. The van der Waals surface area contributed by atoms with Crippen molar-refractivity contribution >= 4 is 41.6 Å². The number of ether oxygens (including phenoxy) is 1. The number of esters is 1. The fourth-order valence-electron chi connectivity index (χ4n) is 2.18. The zero-order valence-electron chi connectivity index (χ0n) is 13.0. The van der Waals surface area contributed by atoms with Crippen LogP contribution in [0.3, 0.4) is 0 Å². The van der Waals surface area contributed by atoms with E-state index >= 15 is 0 Å². The molecule has 2 rings (SSSR count). The topological polar surface area (TPSA) is 58.6 Å². The molecule has 2 aromatic carbocycles. The van der Waals surface area contributed by atoms with Crippen molar-refractivity contribution in [1.29, 1.82) is 0 Å². The molecule has 2 N–H and O–H groups in total. The maximum Gasteiger partial charge on any atom is 0.323 e. The first kappa shape index (κ1) is 20.6. The van der Waals surface area contributed by atoms with Crippen molar-refractivity contribution < 1.29 is 14.6 Å². The van der Waals surface area contributed by atoms with Gasteiger partial charge in [0, 0.05) is 22.2 Å². The van der Waals surface area contributed by atoms with Gasteiger partial charge in [-0.2, -0.15) is 0 Å². The second-order valence-corrected chi connectivity index (χ2v) is 5.84. The minimum Gasteiger partial charge on any atom is -0.508 e. The fraction of sp³-hybridized carbons (Fsp3) is 0.235. The number of phenolic OH excluding ortho intramolecular Hbond substituents is 1. The molecule has 0 aliphatic rings. The molecule has 7 heteroatoms. The lowest BCUT2D eigenvalue weighted by Crippen LogP contribution is -2.39. The highest BCUT2D eigenvalue weighted by atomic mass is 35.5. The van der Waals surface area contributed by atoms with Crippen LogP contribution < -0.4 is 5.32 Å². The van der Waals surface area contributed by atoms with Gasteiger partial charge in [-0.15, -0.1) is 12.4 Å². The van der Waals surface area contributed by atoms with E-state index in [1.54, 1.807) is 42.5 Å². The monoisotopic (exact) mass is 389 g/mol. The van der Waals surface area contributed by atoms with Gasteiger partial charge in [-0.25, -0.2) is 0 Å². The molecule has 1 atom stereocenters.